The Balaban J connectivity index is 2.39. The molecule has 0 N–H and O–H groups in total. The third-order valence-corrected chi connectivity index (χ3v) is 5.36. The van der Waals surface area contributed by atoms with Crippen molar-refractivity contribution in [2.75, 3.05) is 30.4 Å². The van der Waals surface area contributed by atoms with E-state index >= 15 is 0 Å². The molecule has 2 rings (SSSR count). The smallest absolute Gasteiger partial charge is 0.213 e. The average molecular weight is 431 g/mol. The van der Waals surface area contributed by atoms with Crippen LogP contribution >= 0.6 is 15.9 Å². The topological polar surface area (TPSA) is 40.6 Å². The zero-order chi connectivity index (χ0) is 20.1. The molecule has 1 unspecified atom stereocenters. The van der Waals surface area contributed by atoms with Gasteiger partial charge in [-0.05, 0) is 36.6 Å². The molecule has 27 heavy (non-hydrogen) atoms. The molecular formula is C22H27BrN2O2. The van der Waals surface area contributed by atoms with E-state index in [0.29, 0.717) is 11.5 Å². The van der Waals surface area contributed by atoms with Gasteiger partial charge >= 0.3 is 0 Å². The molecule has 0 heterocycles. The van der Waals surface area contributed by atoms with Crippen LogP contribution in [0, 0.1) is 12.8 Å². The first-order chi connectivity index (χ1) is 12.7. The summed E-state index contributed by atoms with van der Waals surface area (Å²) in [6, 6.07) is 13.4. The van der Waals surface area contributed by atoms with Crippen LogP contribution in [0.4, 0.5) is 11.4 Å². The monoisotopic (exact) mass is 430 g/mol. The van der Waals surface area contributed by atoms with Gasteiger partial charge in [0.05, 0.1) is 11.4 Å². The first-order valence-corrected chi connectivity index (χ1v) is 9.94. The molecule has 0 saturated heterocycles. The second-order valence-corrected chi connectivity index (χ2v) is 8.25. The van der Waals surface area contributed by atoms with E-state index in [1.807, 2.05) is 50.4 Å². The van der Waals surface area contributed by atoms with Crippen molar-refractivity contribution in [3.63, 3.8) is 0 Å². The molecule has 0 aliphatic rings. The van der Waals surface area contributed by atoms with Crippen LogP contribution in [0.3, 0.4) is 0 Å². The molecule has 5 heteroatoms. The molecule has 0 aliphatic heterocycles. The van der Waals surface area contributed by atoms with Crippen LogP contribution < -0.4 is 9.80 Å². The number of benzene rings is 2. The summed E-state index contributed by atoms with van der Waals surface area (Å²) in [7, 11) is 3.70. The molecule has 144 valence electrons. The summed E-state index contributed by atoms with van der Waals surface area (Å²) >= 11 is 3.54. The summed E-state index contributed by atoms with van der Waals surface area (Å²) in [5.74, 6) is 0.457. The Morgan fingerprint density at radius 3 is 2.41 bits per heavy atom. The maximum Gasteiger partial charge on any atom is 0.213 e. The maximum absolute atomic E-state index is 13.0. The second kappa shape index (κ2) is 9.18. The minimum atomic E-state index is -0.425. The molecule has 0 saturated carbocycles. The highest BCUT2D eigenvalue weighted by atomic mass is 79.9. The number of rotatable bonds is 8. The minimum Gasteiger partial charge on any atom is -0.373 e. The van der Waals surface area contributed by atoms with Gasteiger partial charge in [-0.1, -0.05) is 59.6 Å². The number of carbonyl (C=O) groups is 2. The zero-order valence-corrected chi connectivity index (χ0v) is 18.2. The predicted octanol–water partition coefficient (Wildman–Crippen LogP) is 5.00. The van der Waals surface area contributed by atoms with E-state index < -0.39 is 4.83 Å². The third kappa shape index (κ3) is 5.19. The highest BCUT2D eigenvalue weighted by Gasteiger charge is 2.22. The maximum atomic E-state index is 13.0. The molecular weight excluding hydrogens is 404 g/mol. The predicted molar refractivity (Wildman–Crippen MR) is 116 cm³/mol. The number of alkyl halides is 1. The number of hydrogen-bond acceptors (Lipinski definition) is 3. The summed E-state index contributed by atoms with van der Waals surface area (Å²) < 4.78 is 0. The van der Waals surface area contributed by atoms with Crippen molar-refractivity contribution >= 4 is 39.5 Å². The number of halogens is 1. The zero-order valence-electron chi connectivity index (χ0n) is 16.6. The van der Waals surface area contributed by atoms with Crippen LogP contribution in [0.25, 0.3) is 0 Å². The Bertz CT molecular complexity index is 820. The van der Waals surface area contributed by atoms with E-state index in [2.05, 4.69) is 34.7 Å². The van der Waals surface area contributed by atoms with E-state index in [-0.39, 0.29) is 5.78 Å². The lowest BCUT2D eigenvalue weighted by molar-refractivity contribution is -0.107. The first-order valence-electron chi connectivity index (χ1n) is 9.02. The number of carbonyl (C=O) groups excluding carboxylic acids is 2. The second-order valence-electron chi connectivity index (χ2n) is 7.34. The van der Waals surface area contributed by atoms with Crippen molar-refractivity contribution in [2.24, 2.45) is 5.92 Å². The Morgan fingerprint density at radius 2 is 1.81 bits per heavy atom. The number of nitrogens with zero attached hydrogens (tertiary/aromatic N) is 2. The SMILES string of the molecule is Cc1cccc(C(Br)C(=O)c2ccc(N(C)CC(C)C)c(N(C)C=O)c2)c1. The number of Topliss-reactive ketones (excluding diaryl/α,β-unsaturated/α-hetero) is 1. The van der Waals surface area contributed by atoms with Gasteiger partial charge in [-0.15, -0.1) is 0 Å². The molecule has 0 aromatic heterocycles. The minimum absolute atomic E-state index is 0.0285. The Hall–Kier alpha value is -2.14. The molecule has 0 bridgehead atoms. The number of aryl methyl sites for hydroxylation is 1. The van der Waals surface area contributed by atoms with E-state index in [1.165, 1.54) is 4.90 Å². The number of ketones is 1. The number of amides is 1. The number of hydrogen-bond donors (Lipinski definition) is 0. The molecule has 2 aromatic carbocycles. The van der Waals surface area contributed by atoms with Crippen molar-refractivity contribution in [3.8, 4) is 0 Å². The molecule has 0 spiro atoms. The molecule has 0 radical (unpaired) electrons. The van der Waals surface area contributed by atoms with Gasteiger partial charge in [-0.2, -0.15) is 0 Å². The summed E-state index contributed by atoms with van der Waals surface area (Å²) in [6.45, 7) is 7.16. The standard InChI is InChI=1S/C22H27BrN2O2/c1-15(2)13-24(4)19-10-9-18(12-20(19)25(5)14-26)22(27)21(23)17-8-6-7-16(3)11-17/h6-12,14-15,21H,13H2,1-5H3. The Morgan fingerprint density at radius 1 is 1.11 bits per heavy atom. The molecule has 0 aliphatic carbocycles. The quantitative estimate of drug-likeness (QED) is 0.336. The highest BCUT2D eigenvalue weighted by molar-refractivity contribution is 9.09. The van der Waals surface area contributed by atoms with Crippen LogP contribution in [0.5, 0.6) is 0 Å². The Kier molecular flexibility index (Phi) is 7.19. The summed E-state index contributed by atoms with van der Waals surface area (Å²) in [6.07, 6.45) is 0.766. The van der Waals surface area contributed by atoms with Gasteiger partial charge in [0.1, 0.15) is 4.83 Å². The van der Waals surface area contributed by atoms with Crippen LogP contribution in [0.2, 0.25) is 0 Å². The lowest BCUT2D eigenvalue weighted by atomic mass is 10.00. The summed E-state index contributed by atoms with van der Waals surface area (Å²) in [5.41, 5.74) is 4.26. The molecule has 4 nitrogen and oxygen atoms in total. The van der Waals surface area contributed by atoms with Gasteiger partial charge in [0.2, 0.25) is 6.41 Å². The largest absolute Gasteiger partial charge is 0.373 e. The van der Waals surface area contributed by atoms with Gasteiger partial charge in [0.15, 0.2) is 5.78 Å². The van der Waals surface area contributed by atoms with Crippen molar-refractivity contribution in [1.82, 2.24) is 0 Å². The van der Waals surface area contributed by atoms with E-state index in [0.717, 1.165) is 35.5 Å². The third-order valence-electron chi connectivity index (χ3n) is 4.41. The van der Waals surface area contributed by atoms with Crippen LogP contribution in [-0.2, 0) is 4.79 Å². The molecule has 1 atom stereocenters. The van der Waals surface area contributed by atoms with Crippen LogP contribution in [-0.4, -0.2) is 32.8 Å². The molecule has 1 amide bonds. The van der Waals surface area contributed by atoms with Gasteiger partial charge in [-0.3, -0.25) is 9.59 Å². The lowest BCUT2D eigenvalue weighted by Gasteiger charge is -2.27. The van der Waals surface area contributed by atoms with Gasteiger partial charge in [0.25, 0.3) is 0 Å². The summed E-state index contributed by atoms with van der Waals surface area (Å²) in [5, 5.41) is 0. The van der Waals surface area contributed by atoms with Gasteiger partial charge in [0, 0.05) is 26.2 Å². The molecule has 2 aromatic rings. The highest BCUT2D eigenvalue weighted by Crippen LogP contribution is 2.33. The van der Waals surface area contributed by atoms with Crippen molar-refractivity contribution in [1.29, 1.82) is 0 Å². The normalized spacial score (nSPS) is 12.0. The first kappa shape index (κ1) is 21.2. The van der Waals surface area contributed by atoms with Crippen LogP contribution in [0.15, 0.2) is 42.5 Å². The fraction of sp³-hybridized carbons (Fsp3) is 0.364. The van der Waals surface area contributed by atoms with Crippen molar-refractivity contribution in [2.45, 2.75) is 25.6 Å². The number of anilines is 2. The lowest BCUT2D eigenvalue weighted by Crippen LogP contribution is -2.26. The van der Waals surface area contributed by atoms with Crippen molar-refractivity contribution in [3.05, 3.63) is 59.2 Å². The van der Waals surface area contributed by atoms with Crippen LogP contribution in [0.1, 0.15) is 40.2 Å². The van der Waals surface area contributed by atoms with Crippen molar-refractivity contribution < 1.29 is 9.59 Å². The fourth-order valence-electron chi connectivity index (χ4n) is 3.11. The van der Waals surface area contributed by atoms with Gasteiger partial charge < -0.3 is 9.80 Å². The molecule has 0 fully saturated rings. The van der Waals surface area contributed by atoms with E-state index in [4.69, 9.17) is 0 Å². The van der Waals surface area contributed by atoms with E-state index in [9.17, 15) is 9.59 Å². The summed E-state index contributed by atoms with van der Waals surface area (Å²) in [4.78, 5) is 27.6. The average Bonchev–Trinajstić information content (AvgIpc) is 2.65. The van der Waals surface area contributed by atoms with E-state index in [1.54, 1.807) is 13.1 Å². The fourth-order valence-corrected chi connectivity index (χ4v) is 3.66. The Labute approximate surface area is 170 Å². The van der Waals surface area contributed by atoms with Gasteiger partial charge in [-0.25, -0.2) is 0 Å².